The van der Waals surface area contributed by atoms with Gasteiger partial charge in [-0.15, -0.1) is 0 Å². The molecule has 0 unspecified atom stereocenters. The van der Waals surface area contributed by atoms with Crippen molar-refractivity contribution in [2.45, 2.75) is 26.4 Å². The quantitative estimate of drug-likeness (QED) is 0.723. The van der Waals surface area contributed by atoms with Crippen molar-refractivity contribution in [3.8, 4) is 0 Å². The van der Waals surface area contributed by atoms with Gasteiger partial charge in [0.1, 0.15) is 6.54 Å². The average Bonchev–Trinajstić information content (AvgIpc) is 2.65. The van der Waals surface area contributed by atoms with E-state index in [1.807, 2.05) is 37.3 Å². The van der Waals surface area contributed by atoms with Crippen LogP contribution in [-0.2, 0) is 24.3 Å². The first-order chi connectivity index (χ1) is 12.1. The summed E-state index contributed by atoms with van der Waals surface area (Å²) in [4.78, 5) is 27.1. The van der Waals surface area contributed by atoms with Crippen molar-refractivity contribution < 1.29 is 4.79 Å². The maximum absolute atomic E-state index is 12.7. The third-order valence-corrected chi connectivity index (χ3v) is 4.82. The van der Waals surface area contributed by atoms with E-state index in [1.165, 1.54) is 15.8 Å². The monoisotopic (exact) mass is 333 g/mol. The molecule has 2 aromatic carbocycles. The van der Waals surface area contributed by atoms with Crippen molar-refractivity contribution in [2.75, 3.05) is 6.54 Å². The van der Waals surface area contributed by atoms with Gasteiger partial charge in [-0.25, -0.2) is 4.68 Å². The summed E-state index contributed by atoms with van der Waals surface area (Å²) < 4.78 is 1.29. The number of hydrogen-bond acceptors (Lipinski definition) is 3. The minimum atomic E-state index is -0.216. The molecule has 5 nitrogen and oxygen atoms in total. The number of rotatable bonds is 2. The van der Waals surface area contributed by atoms with Crippen LogP contribution in [0.5, 0.6) is 0 Å². The number of fused-ring (bicyclic) bond motifs is 2. The number of amides is 1. The van der Waals surface area contributed by atoms with Gasteiger partial charge in [0.2, 0.25) is 5.91 Å². The zero-order valence-corrected chi connectivity index (χ0v) is 14.1. The summed E-state index contributed by atoms with van der Waals surface area (Å²) in [5, 5.41) is 5.78. The summed E-state index contributed by atoms with van der Waals surface area (Å²) in [5.41, 5.74) is 3.01. The molecule has 0 fully saturated rings. The number of carbonyl (C=O) groups excluding carboxylic acids is 1. The summed E-state index contributed by atoms with van der Waals surface area (Å²) in [6, 6.07) is 15.6. The van der Waals surface area contributed by atoms with Gasteiger partial charge in [0.15, 0.2) is 0 Å². The van der Waals surface area contributed by atoms with Crippen LogP contribution in [0.3, 0.4) is 0 Å². The van der Waals surface area contributed by atoms with E-state index < -0.39 is 0 Å². The molecule has 0 radical (unpaired) electrons. The van der Waals surface area contributed by atoms with Crippen LogP contribution in [0.15, 0.2) is 53.3 Å². The van der Waals surface area contributed by atoms with Crippen LogP contribution < -0.4 is 5.56 Å². The van der Waals surface area contributed by atoms with Crippen molar-refractivity contribution in [2.24, 2.45) is 0 Å². The third-order valence-electron chi connectivity index (χ3n) is 4.82. The molecule has 1 aliphatic heterocycles. The fraction of sp³-hybridized carbons (Fsp3) is 0.250. The van der Waals surface area contributed by atoms with E-state index in [2.05, 4.69) is 17.2 Å². The van der Waals surface area contributed by atoms with E-state index >= 15 is 0 Å². The second kappa shape index (κ2) is 6.16. The first-order valence-electron chi connectivity index (χ1n) is 8.44. The van der Waals surface area contributed by atoms with Crippen LogP contribution in [-0.4, -0.2) is 27.1 Å². The van der Waals surface area contributed by atoms with Gasteiger partial charge in [0.05, 0.1) is 11.1 Å². The Morgan fingerprint density at radius 3 is 2.52 bits per heavy atom. The molecule has 1 aliphatic rings. The molecule has 0 aliphatic carbocycles. The zero-order valence-electron chi connectivity index (χ0n) is 14.1. The summed E-state index contributed by atoms with van der Waals surface area (Å²) in [6.45, 7) is 3.11. The summed E-state index contributed by atoms with van der Waals surface area (Å²) >= 11 is 0. The molecule has 25 heavy (non-hydrogen) atoms. The molecule has 0 bridgehead atoms. The topological polar surface area (TPSA) is 55.2 Å². The van der Waals surface area contributed by atoms with E-state index in [1.54, 1.807) is 11.0 Å². The number of aryl methyl sites for hydroxylation is 1. The molecule has 0 saturated carbocycles. The van der Waals surface area contributed by atoms with Crippen molar-refractivity contribution in [1.29, 1.82) is 0 Å². The smallest absolute Gasteiger partial charge is 0.275 e. The van der Waals surface area contributed by atoms with Crippen LogP contribution in [0.1, 0.15) is 16.8 Å². The minimum absolute atomic E-state index is 0.0212. The fourth-order valence-electron chi connectivity index (χ4n) is 3.45. The van der Waals surface area contributed by atoms with Gasteiger partial charge in [-0.3, -0.25) is 9.59 Å². The lowest BCUT2D eigenvalue weighted by Crippen LogP contribution is -2.40. The number of nitrogens with zero attached hydrogens (tertiary/aromatic N) is 3. The lowest BCUT2D eigenvalue weighted by molar-refractivity contribution is -0.133. The lowest BCUT2D eigenvalue weighted by atomic mass is 10.00. The molecule has 0 N–H and O–H groups in total. The van der Waals surface area contributed by atoms with Crippen molar-refractivity contribution in [1.82, 2.24) is 14.7 Å². The maximum atomic E-state index is 12.7. The molecular weight excluding hydrogens is 314 g/mol. The largest absolute Gasteiger partial charge is 0.336 e. The molecule has 126 valence electrons. The second-order valence-electron chi connectivity index (χ2n) is 6.43. The summed E-state index contributed by atoms with van der Waals surface area (Å²) in [7, 11) is 0. The normalized spacial score (nSPS) is 13.7. The Bertz CT molecular complexity index is 1020. The van der Waals surface area contributed by atoms with E-state index in [9.17, 15) is 9.59 Å². The summed E-state index contributed by atoms with van der Waals surface area (Å²) in [6.07, 6.45) is 0.848. The molecule has 0 saturated heterocycles. The first kappa shape index (κ1) is 15.6. The van der Waals surface area contributed by atoms with Crippen molar-refractivity contribution in [3.63, 3.8) is 0 Å². The van der Waals surface area contributed by atoms with Gasteiger partial charge >= 0.3 is 0 Å². The molecule has 1 aromatic heterocycles. The Balaban J connectivity index is 1.61. The number of aromatic nitrogens is 2. The van der Waals surface area contributed by atoms with Crippen LogP contribution in [0.4, 0.5) is 0 Å². The molecule has 1 amide bonds. The molecule has 3 aromatic rings. The van der Waals surface area contributed by atoms with E-state index in [-0.39, 0.29) is 18.0 Å². The van der Waals surface area contributed by atoms with Crippen molar-refractivity contribution >= 4 is 16.7 Å². The van der Waals surface area contributed by atoms with Gasteiger partial charge in [-0.05, 0) is 30.5 Å². The number of carbonyl (C=O) groups is 1. The SMILES string of the molecule is Cc1nn(CC(=O)N2CCc3ccccc3C2)c(=O)c2ccccc12. The fourth-order valence-corrected chi connectivity index (χ4v) is 3.45. The molecule has 5 heteroatoms. The van der Waals surface area contributed by atoms with Crippen LogP contribution >= 0.6 is 0 Å². The highest BCUT2D eigenvalue weighted by molar-refractivity contribution is 5.83. The van der Waals surface area contributed by atoms with Gasteiger partial charge in [-0.1, -0.05) is 42.5 Å². The van der Waals surface area contributed by atoms with E-state index in [4.69, 9.17) is 0 Å². The minimum Gasteiger partial charge on any atom is -0.336 e. The molecule has 4 rings (SSSR count). The Morgan fingerprint density at radius 1 is 1.04 bits per heavy atom. The lowest BCUT2D eigenvalue weighted by Gasteiger charge is -2.29. The Morgan fingerprint density at radius 2 is 1.72 bits per heavy atom. The van der Waals surface area contributed by atoms with Gasteiger partial charge in [-0.2, -0.15) is 5.10 Å². The maximum Gasteiger partial charge on any atom is 0.275 e. The standard InChI is InChI=1S/C20H19N3O2/c1-14-17-8-4-5-9-18(17)20(25)23(21-14)13-19(24)22-11-10-15-6-2-3-7-16(15)12-22/h2-9H,10-13H2,1H3. The predicted molar refractivity (Wildman–Crippen MR) is 96.3 cm³/mol. The van der Waals surface area contributed by atoms with Crippen LogP contribution in [0.25, 0.3) is 10.8 Å². The van der Waals surface area contributed by atoms with Crippen LogP contribution in [0, 0.1) is 6.92 Å². The summed E-state index contributed by atoms with van der Waals surface area (Å²) in [5.74, 6) is -0.0706. The molecule has 0 atom stereocenters. The Kier molecular flexibility index (Phi) is 3.84. The second-order valence-corrected chi connectivity index (χ2v) is 6.43. The van der Waals surface area contributed by atoms with E-state index in [0.717, 1.165) is 17.5 Å². The van der Waals surface area contributed by atoms with Gasteiger partial charge in [0, 0.05) is 18.5 Å². The van der Waals surface area contributed by atoms with Gasteiger partial charge in [0.25, 0.3) is 5.56 Å². The van der Waals surface area contributed by atoms with Crippen molar-refractivity contribution in [3.05, 3.63) is 75.7 Å². The first-order valence-corrected chi connectivity index (χ1v) is 8.44. The van der Waals surface area contributed by atoms with E-state index in [0.29, 0.717) is 18.5 Å². The third kappa shape index (κ3) is 2.82. The van der Waals surface area contributed by atoms with Gasteiger partial charge < -0.3 is 4.90 Å². The highest BCUT2D eigenvalue weighted by Crippen LogP contribution is 2.19. The average molecular weight is 333 g/mol. The van der Waals surface area contributed by atoms with Crippen LogP contribution in [0.2, 0.25) is 0 Å². The Hall–Kier alpha value is -2.95. The Labute approximate surface area is 145 Å². The molecular formula is C20H19N3O2. The molecule has 2 heterocycles. The number of hydrogen-bond donors (Lipinski definition) is 0. The highest BCUT2D eigenvalue weighted by Gasteiger charge is 2.21. The zero-order chi connectivity index (χ0) is 17.4. The molecule has 0 spiro atoms. The highest BCUT2D eigenvalue weighted by atomic mass is 16.2. The number of benzene rings is 2. The predicted octanol–water partition coefficient (Wildman–Crippen LogP) is 2.29.